The van der Waals surface area contributed by atoms with Gasteiger partial charge in [0.15, 0.2) is 0 Å². The molecule has 2 aliphatic rings. The molecule has 0 N–H and O–H groups in total. The molecule has 0 spiro atoms. The van der Waals surface area contributed by atoms with E-state index in [4.69, 9.17) is 10.00 Å². The van der Waals surface area contributed by atoms with Gasteiger partial charge in [0.25, 0.3) is 0 Å². The summed E-state index contributed by atoms with van der Waals surface area (Å²) in [6, 6.07) is 6.61. The summed E-state index contributed by atoms with van der Waals surface area (Å²) in [7, 11) is -1.58. The molecular weight excluding hydrogens is 314 g/mol. The summed E-state index contributed by atoms with van der Waals surface area (Å²) in [6.07, 6.45) is 0.814. The monoisotopic (exact) mass is 335 g/mol. The van der Waals surface area contributed by atoms with Crippen LogP contribution in [0.4, 0.5) is 0 Å². The van der Waals surface area contributed by atoms with Crippen LogP contribution in [0, 0.1) is 18.3 Å². The van der Waals surface area contributed by atoms with Crippen LogP contribution in [0.5, 0.6) is 0 Å². The number of piperidine rings is 1. The number of likely N-dealkylation sites (N-methyl/N-ethyl adjacent to an activating group) is 1. The first kappa shape index (κ1) is 16.4. The molecule has 2 atom stereocenters. The van der Waals surface area contributed by atoms with Crippen molar-refractivity contribution in [2.45, 2.75) is 30.4 Å². The van der Waals surface area contributed by atoms with Crippen molar-refractivity contribution in [3.8, 4) is 6.07 Å². The smallest absolute Gasteiger partial charge is 0.243 e. The average Bonchev–Trinajstić information content (AvgIpc) is 2.54. The molecule has 0 radical (unpaired) electrons. The maximum atomic E-state index is 13.1. The minimum atomic E-state index is -3.59. The van der Waals surface area contributed by atoms with Crippen molar-refractivity contribution in [3.63, 3.8) is 0 Å². The van der Waals surface area contributed by atoms with Crippen LogP contribution in [-0.4, -0.2) is 63.1 Å². The molecule has 6 nitrogen and oxygen atoms in total. The molecule has 0 aromatic heterocycles. The van der Waals surface area contributed by atoms with Gasteiger partial charge in [0.2, 0.25) is 10.0 Å². The van der Waals surface area contributed by atoms with E-state index in [0.717, 1.165) is 13.0 Å². The summed E-state index contributed by atoms with van der Waals surface area (Å²) in [6.45, 7) is 4.16. The predicted molar refractivity (Wildman–Crippen MR) is 85.4 cm³/mol. The summed E-state index contributed by atoms with van der Waals surface area (Å²) in [5, 5.41) is 9.01. The highest BCUT2D eigenvalue weighted by Crippen LogP contribution is 2.28. The van der Waals surface area contributed by atoms with Crippen molar-refractivity contribution in [2.75, 3.05) is 33.3 Å². The Balaban J connectivity index is 1.95. The van der Waals surface area contributed by atoms with E-state index in [1.54, 1.807) is 23.4 Å². The fraction of sp³-hybridized carbons (Fsp3) is 0.562. The van der Waals surface area contributed by atoms with Gasteiger partial charge in [-0.1, -0.05) is 0 Å². The number of likely N-dealkylation sites (tertiary alicyclic amines) is 1. The molecule has 23 heavy (non-hydrogen) atoms. The number of hydrogen-bond donors (Lipinski definition) is 0. The Hall–Kier alpha value is -1.46. The van der Waals surface area contributed by atoms with Crippen LogP contribution in [0.15, 0.2) is 23.1 Å². The minimum absolute atomic E-state index is 0.0331. The fourth-order valence-corrected chi connectivity index (χ4v) is 5.07. The van der Waals surface area contributed by atoms with E-state index in [2.05, 4.69) is 11.0 Å². The van der Waals surface area contributed by atoms with Gasteiger partial charge in [-0.3, -0.25) is 0 Å². The van der Waals surface area contributed by atoms with E-state index in [1.807, 2.05) is 7.05 Å². The molecule has 0 amide bonds. The highest BCUT2D eigenvalue weighted by atomic mass is 32.2. The zero-order valence-corrected chi connectivity index (χ0v) is 14.2. The van der Waals surface area contributed by atoms with Crippen LogP contribution in [0.2, 0.25) is 0 Å². The Morgan fingerprint density at radius 3 is 2.83 bits per heavy atom. The fourth-order valence-electron chi connectivity index (χ4n) is 3.35. The number of ether oxygens (including phenoxy) is 1. The van der Waals surface area contributed by atoms with Crippen LogP contribution in [0.25, 0.3) is 0 Å². The van der Waals surface area contributed by atoms with Gasteiger partial charge in [0, 0.05) is 19.6 Å². The molecule has 3 rings (SSSR count). The first-order chi connectivity index (χ1) is 10.9. The van der Waals surface area contributed by atoms with Gasteiger partial charge in [-0.25, -0.2) is 8.42 Å². The van der Waals surface area contributed by atoms with Gasteiger partial charge in [-0.05, 0) is 44.2 Å². The molecule has 7 heteroatoms. The van der Waals surface area contributed by atoms with Gasteiger partial charge in [-0.2, -0.15) is 9.57 Å². The van der Waals surface area contributed by atoms with Gasteiger partial charge in [-0.15, -0.1) is 0 Å². The summed E-state index contributed by atoms with van der Waals surface area (Å²) in [5.41, 5.74) is 1.18. The van der Waals surface area contributed by atoms with Gasteiger partial charge in [0.05, 0.1) is 35.3 Å². The third-order valence-corrected chi connectivity index (χ3v) is 6.58. The van der Waals surface area contributed by atoms with Crippen molar-refractivity contribution < 1.29 is 13.2 Å². The van der Waals surface area contributed by atoms with Crippen LogP contribution in [-0.2, 0) is 14.8 Å². The van der Waals surface area contributed by atoms with Crippen LogP contribution in [0.1, 0.15) is 17.5 Å². The molecule has 0 aliphatic carbocycles. The molecule has 1 aromatic rings. The lowest BCUT2D eigenvalue weighted by atomic mass is 10.0. The number of benzene rings is 1. The van der Waals surface area contributed by atoms with Crippen molar-refractivity contribution >= 4 is 10.0 Å². The lowest BCUT2D eigenvalue weighted by molar-refractivity contribution is -0.0719. The zero-order valence-electron chi connectivity index (χ0n) is 13.4. The number of fused-ring (bicyclic) bond motifs is 1. The molecule has 2 saturated heterocycles. The lowest BCUT2D eigenvalue weighted by Crippen LogP contribution is -2.60. The summed E-state index contributed by atoms with van der Waals surface area (Å²) >= 11 is 0. The first-order valence-electron chi connectivity index (χ1n) is 7.76. The molecule has 2 aliphatic heterocycles. The molecule has 2 fully saturated rings. The summed E-state index contributed by atoms with van der Waals surface area (Å²) < 4.78 is 33.5. The molecular formula is C16H21N3O3S. The number of rotatable bonds is 2. The number of nitrogens with zero attached hydrogens (tertiary/aromatic N) is 3. The zero-order chi connectivity index (χ0) is 16.6. The largest absolute Gasteiger partial charge is 0.375 e. The van der Waals surface area contributed by atoms with Gasteiger partial charge < -0.3 is 9.64 Å². The topological polar surface area (TPSA) is 73.6 Å². The van der Waals surface area contributed by atoms with E-state index in [9.17, 15) is 8.42 Å². The second kappa shape index (κ2) is 6.21. The van der Waals surface area contributed by atoms with E-state index < -0.39 is 10.0 Å². The Kier molecular flexibility index (Phi) is 4.43. The normalized spacial score (nSPS) is 26.5. The standard InChI is InChI=1S/C16H21N3O3S/c1-12-9-14(4-3-13(12)10-17)23(20,21)19-7-8-22-16-5-6-18(2)11-15(16)19/h3-4,9,15-16H,5-8,11H2,1-2H3/t15-,16+/m1/s1. The minimum Gasteiger partial charge on any atom is -0.375 e. The second-order valence-electron chi connectivity index (χ2n) is 6.23. The number of sulfonamides is 1. The number of aryl methyl sites for hydroxylation is 1. The number of nitriles is 1. The molecule has 0 unspecified atom stereocenters. The van der Waals surface area contributed by atoms with Crippen molar-refractivity contribution in [1.29, 1.82) is 5.26 Å². The predicted octanol–water partition coefficient (Wildman–Crippen LogP) is 0.960. The van der Waals surface area contributed by atoms with E-state index in [1.165, 1.54) is 6.07 Å². The number of morpholine rings is 1. The summed E-state index contributed by atoms with van der Waals surface area (Å²) in [4.78, 5) is 2.39. The van der Waals surface area contributed by atoms with Crippen LogP contribution >= 0.6 is 0 Å². The van der Waals surface area contributed by atoms with E-state index in [0.29, 0.717) is 30.8 Å². The van der Waals surface area contributed by atoms with Crippen molar-refractivity contribution in [1.82, 2.24) is 9.21 Å². The third-order valence-electron chi connectivity index (χ3n) is 4.66. The highest BCUT2D eigenvalue weighted by Gasteiger charge is 2.42. The first-order valence-corrected chi connectivity index (χ1v) is 9.20. The SMILES string of the molecule is Cc1cc(S(=O)(=O)N2CCO[C@H]3CCN(C)C[C@H]32)ccc1C#N. The van der Waals surface area contributed by atoms with Crippen molar-refractivity contribution in [3.05, 3.63) is 29.3 Å². The average molecular weight is 335 g/mol. The quantitative estimate of drug-likeness (QED) is 0.805. The van der Waals surface area contributed by atoms with Gasteiger partial charge >= 0.3 is 0 Å². The molecule has 2 heterocycles. The lowest BCUT2D eigenvalue weighted by Gasteiger charge is -2.45. The number of hydrogen-bond acceptors (Lipinski definition) is 5. The van der Waals surface area contributed by atoms with Crippen LogP contribution in [0.3, 0.4) is 0 Å². The summed E-state index contributed by atoms with van der Waals surface area (Å²) in [5.74, 6) is 0. The van der Waals surface area contributed by atoms with Crippen LogP contribution < -0.4 is 0 Å². The maximum Gasteiger partial charge on any atom is 0.243 e. The molecule has 0 saturated carbocycles. The second-order valence-corrected chi connectivity index (χ2v) is 8.12. The Bertz CT molecular complexity index is 741. The highest BCUT2D eigenvalue weighted by molar-refractivity contribution is 7.89. The Morgan fingerprint density at radius 2 is 2.13 bits per heavy atom. The van der Waals surface area contributed by atoms with Gasteiger partial charge in [0.1, 0.15) is 0 Å². The third kappa shape index (κ3) is 3.00. The molecule has 1 aromatic carbocycles. The van der Waals surface area contributed by atoms with Crippen molar-refractivity contribution in [2.24, 2.45) is 0 Å². The molecule has 124 valence electrons. The Morgan fingerprint density at radius 1 is 1.35 bits per heavy atom. The van der Waals surface area contributed by atoms with E-state index >= 15 is 0 Å². The Labute approximate surface area is 137 Å². The molecule has 0 bridgehead atoms. The van der Waals surface area contributed by atoms with E-state index in [-0.39, 0.29) is 17.0 Å². The maximum absolute atomic E-state index is 13.1.